The average molecular weight is 298 g/mol. The second-order valence-corrected chi connectivity index (χ2v) is 4.69. The summed E-state index contributed by atoms with van der Waals surface area (Å²) >= 11 is 5.77. The SMILES string of the molecule is CC(C)Oc1nc(N)nc(Nc2cc(F)cc(Cl)c2)n1. The minimum Gasteiger partial charge on any atom is -0.461 e. The van der Waals surface area contributed by atoms with E-state index in [1.165, 1.54) is 18.2 Å². The minimum atomic E-state index is -0.472. The average Bonchev–Trinajstić information content (AvgIpc) is 2.24. The van der Waals surface area contributed by atoms with Gasteiger partial charge in [-0.2, -0.15) is 15.0 Å². The summed E-state index contributed by atoms with van der Waals surface area (Å²) in [5, 5.41) is 3.05. The fourth-order valence-corrected chi connectivity index (χ4v) is 1.67. The second kappa shape index (κ2) is 5.87. The van der Waals surface area contributed by atoms with Crippen molar-refractivity contribution in [3.8, 4) is 6.01 Å². The normalized spacial score (nSPS) is 10.7. The molecule has 20 heavy (non-hydrogen) atoms. The number of nitrogens with one attached hydrogen (secondary N) is 1. The Kier molecular flexibility index (Phi) is 4.19. The molecule has 1 aromatic heterocycles. The van der Waals surface area contributed by atoms with Crippen LogP contribution in [0.4, 0.5) is 22.0 Å². The summed E-state index contributed by atoms with van der Waals surface area (Å²) in [7, 11) is 0. The molecule has 8 heteroatoms. The highest BCUT2D eigenvalue weighted by Gasteiger charge is 2.08. The van der Waals surface area contributed by atoms with Crippen molar-refractivity contribution < 1.29 is 9.13 Å². The van der Waals surface area contributed by atoms with Crippen LogP contribution < -0.4 is 15.8 Å². The number of nitrogen functional groups attached to an aromatic ring is 1. The Labute approximate surface area is 120 Å². The molecule has 6 nitrogen and oxygen atoms in total. The van der Waals surface area contributed by atoms with Gasteiger partial charge in [0.2, 0.25) is 11.9 Å². The Hall–Kier alpha value is -2.15. The van der Waals surface area contributed by atoms with E-state index < -0.39 is 5.82 Å². The lowest BCUT2D eigenvalue weighted by molar-refractivity contribution is 0.222. The summed E-state index contributed by atoms with van der Waals surface area (Å²) in [5.74, 6) is -0.323. The van der Waals surface area contributed by atoms with E-state index >= 15 is 0 Å². The zero-order valence-corrected chi connectivity index (χ0v) is 11.6. The van der Waals surface area contributed by atoms with Crippen LogP contribution >= 0.6 is 11.6 Å². The van der Waals surface area contributed by atoms with Gasteiger partial charge in [0.15, 0.2) is 0 Å². The monoisotopic (exact) mass is 297 g/mol. The molecule has 0 unspecified atom stereocenters. The van der Waals surface area contributed by atoms with Crippen LogP contribution in [-0.4, -0.2) is 21.1 Å². The third-order valence-corrected chi connectivity index (χ3v) is 2.31. The molecule has 0 radical (unpaired) electrons. The van der Waals surface area contributed by atoms with Crippen LogP contribution in [0, 0.1) is 5.82 Å². The van der Waals surface area contributed by atoms with E-state index in [4.69, 9.17) is 22.1 Å². The third kappa shape index (κ3) is 3.92. The molecular formula is C12H13ClFN5O. The molecule has 1 aromatic carbocycles. The first-order valence-electron chi connectivity index (χ1n) is 5.83. The highest BCUT2D eigenvalue weighted by molar-refractivity contribution is 6.30. The van der Waals surface area contributed by atoms with Crippen LogP contribution in [0.15, 0.2) is 18.2 Å². The Morgan fingerprint density at radius 1 is 1.25 bits per heavy atom. The highest BCUT2D eigenvalue weighted by atomic mass is 35.5. The molecular weight excluding hydrogens is 285 g/mol. The van der Waals surface area contributed by atoms with Gasteiger partial charge in [0, 0.05) is 10.7 Å². The molecule has 2 aromatic rings. The van der Waals surface area contributed by atoms with E-state index in [1.54, 1.807) is 0 Å². The van der Waals surface area contributed by atoms with Crippen molar-refractivity contribution in [2.75, 3.05) is 11.1 Å². The van der Waals surface area contributed by atoms with E-state index in [9.17, 15) is 4.39 Å². The molecule has 0 saturated heterocycles. The van der Waals surface area contributed by atoms with Gasteiger partial charge >= 0.3 is 6.01 Å². The zero-order chi connectivity index (χ0) is 14.7. The van der Waals surface area contributed by atoms with Gasteiger partial charge in [-0.25, -0.2) is 4.39 Å². The predicted octanol–water partition coefficient (Wildman–Crippen LogP) is 2.78. The lowest BCUT2D eigenvalue weighted by Gasteiger charge is -2.10. The molecule has 1 heterocycles. The van der Waals surface area contributed by atoms with Crippen LogP contribution in [0.3, 0.4) is 0 Å². The second-order valence-electron chi connectivity index (χ2n) is 4.25. The Morgan fingerprint density at radius 2 is 2.00 bits per heavy atom. The summed E-state index contributed by atoms with van der Waals surface area (Å²) in [5.41, 5.74) is 5.97. The first kappa shape index (κ1) is 14.3. The number of benzene rings is 1. The van der Waals surface area contributed by atoms with Crippen LogP contribution in [-0.2, 0) is 0 Å². The number of anilines is 3. The van der Waals surface area contributed by atoms with Crippen molar-refractivity contribution in [2.24, 2.45) is 0 Å². The van der Waals surface area contributed by atoms with E-state index in [0.717, 1.165) is 0 Å². The summed E-state index contributed by atoms with van der Waals surface area (Å²) in [4.78, 5) is 11.8. The predicted molar refractivity (Wildman–Crippen MR) is 74.7 cm³/mol. The first-order valence-corrected chi connectivity index (χ1v) is 6.21. The van der Waals surface area contributed by atoms with Crippen molar-refractivity contribution in [3.05, 3.63) is 29.0 Å². The number of hydrogen-bond donors (Lipinski definition) is 2. The fourth-order valence-electron chi connectivity index (χ4n) is 1.45. The van der Waals surface area contributed by atoms with Crippen molar-refractivity contribution in [1.29, 1.82) is 0 Å². The maximum Gasteiger partial charge on any atom is 0.323 e. The van der Waals surface area contributed by atoms with Crippen LogP contribution in [0.2, 0.25) is 5.02 Å². The molecule has 0 fully saturated rings. The Bertz CT molecular complexity index is 603. The lowest BCUT2D eigenvalue weighted by atomic mass is 10.3. The maximum atomic E-state index is 13.2. The minimum absolute atomic E-state index is 0.000602. The standard InChI is InChI=1S/C12H13ClFN5O/c1-6(2)20-12-18-10(15)17-11(19-12)16-9-4-7(13)3-8(14)5-9/h3-6H,1-2H3,(H3,15,16,17,18,19). The van der Waals surface area contributed by atoms with Crippen LogP contribution in [0.5, 0.6) is 6.01 Å². The first-order chi connectivity index (χ1) is 9.42. The Balaban J connectivity index is 2.26. The van der Waals surface area contributed by atoms with Gasteiger partial charge in [-0.1, -0.05) is 11.6 Å². The molecule has 0 spiro atoms. The summed E-state index contributed by atoms with van der Waals surface area (Å²) in [6.07, 6.45) is -0.103. The number of nitrogens with two attached hydrogens (primary N) is 1. The molecule has 106 valence electrons. The number of rotatable bonds is 4. The molecule has 0 aliphatic carbocycles. The number of aromatic nitrogens is 3. The van der Waals surface area contributed by atoms with Gasteiger partial charge in [-0.15, -0.1) is 0 Å². The molecule has 0 aliphatic rings. The van der Waals surface area contributed by atoms with E-state index in [1.807, 2.05) is 13.8 Å². The van der Waals surface area contributed by atoms with Crippen LogP contribution in [0.1, 0.15) is 13.8 Å². The van der Waals surface area contributed by atoms with Gasteiger partial charge in [0.25, 0.3) is 0 Å². The van der Waals surface area contributed by atoms with Gasteiger partial charge in [0.1, 0.15) is 5.82 Å². The van der Waals surface area contributed by atoms with Crippen molar-refractivity contribution in [2.45, 2.75) is 20.0 Å². The number of hydrogen-bond acceptors (Lipinski definition) is 6. The number of nitrogens with zero attached hydrogens (tertiary/aromatic N) is 3. The molecule has 0 bridgehead atoms. The summed E-state index contributed by atoms with van der Waals surface area (Å²) in [6, 6.07) is 4.09. The van der Waals surface area contributed by atoms with Crippen molar-refractivity contribution >= 4 is 29.2 Å². The smallest absolute Gasteiger partial charge is 0.323 e. The maximum absolute atomic E-state index is 13.2. The lowest BCUT2D eigenvalue weighted by Crippen LogP contribution is -2.11. The molecule has 0 saturated carbocycles. The van der Waals surface area contributed by atoms with E-state index in [-0.39, 0.29) is 29.0 Å². The molecule has 0 amide bonds. The van der Waals surface area contributed by atoms with Gasteiger partial charge in [-0.05, 0) is 32.0 Å². The van der Waals surface area contributed by atoms with E-state index in [2.05, 4.69) is 20.3 Å². The molecule has 0 aliphatic heterocycles. The molecule has 3 N–H and O–H groups in total. The van der Waals surface area contributed by atoms with Crippen LogP contribution in [0.25, 0.3) is 0 Å². The molecule has 0 atom stereocenters. The van der Waals surface area contributed by atoms with Crippen molar-refractivity contribution in [3.63, 3.8) is 0 Å². The largest absolute Gasteiger partial charge is 0.461 e. The van der Waals surface area contributed by atoms with E-state index in [0.29, 0.717) is 5.69 Å². The van der Waals surface area contributed by atoms with Gasteiger partial charge in [0.05, 0.1) is 6.10 Å². The number of halogens is 2. The van der Waals surface area contributed by atoms with Gasteiger partial charge < -0.3 is 15.8 Å². The summed E-state index contributed by atoms with van der Waals surface area (Å²) < 4.78 is 18.6. The highest BCUT2D eigenvalue weighted by Crippen LogP contribution is 2.21. The topological polar surface area (TPSA) is 86.0 Å². The zero-order valence-electron chi connectivity index (χ0n) is 10.9. The van der Waals surface area contributed by atoms with Crippen molar-refractivity contribution in [1.82, 2.24) is 15.0 Å². The third-order valence-electron chi connectivity index (χ3n) is 2.09. The summed E-state index contributed by atoms with van der Waals surface area (Å²) in [6.45, 7) is 3.67. The fraction of sp³-hybridized carbons (Fsp3) is 0.250. The quantitative estimate of drug-likeness (QED) is 0.902. The number of ether oxygens (including phenoxy) is 1. The molecule has 2 rings (SSSR count). The van der Waals surface area contributed by atoms with Gasteiger partial charge in [-0.3, -0.25) is 0 Å². The Morgan fingerprint density at radius 3 is 2.65 bits per heavy atom.